The summed E-state index contributed by atoms with van der Waals surface area (Å²) < 4.78 is 30.8. The van der Waals surface area contributed by atoms with E-state index in [2.05, 4.69) is 12.2 Å². The van der Waals surface area contributed by atoms with Crippen LogP contribution in [0.15, 0.2) is 59.5 Å². The van der Waals surface area contributed by atoms with Crippen molar-refractivity contribution in [3.05, 3.63) is 71.3 Å². The Hall–Kier alpha value is -2.28. The average molecular weight is 401 g/mol. The lowest BCUT2D eigenvalue weighted by molar-refractivity contribution is -1.07. The topological polar surface area (TPSA) is 60.4 Å². The van der Waals surface area contributed by atoms with E-state index in [0.29, 0.717) is 24.6 Å². The molecule has 3 rings (SSSR count). The minimum atomic E-state index is -3.79. The molecule has 0 N–H and O–H groups in total. The first-order chi connectivity index (χ1) is 13.3. The third-order valence-corrected chi connectivity index (χ3v) is 6.57. The van der Waals surface area contributed by atoms with E-state index >= 15 is 0 Å². The molecule has 0 amide bonds. The van der Waals surface area contributed by atoms with Gasteiger partial charge in [0, 0.05) is 18.4 Å². The smallest absolute Gasteiger partial charge is 0.298 e. The second-order valence-corrected chi connectivity index (χ2v) is 9.10. The van der Waals surface area contributed by atoms with Gasteiger partial charge in [0.25, 0.3) is 0 Å². The van der Waals surface area contributed by atoms with Gasteiger partial charge in [-0.2, -0.15) is 13.1 Å². The standard InChI is InChI=1S/C22H26NO4S/c1-18-3-11-22(12-4-18)28(25,26)27-23(2)15-13-20(14-16-23)6-5-19-7-9-21(17-24)10-8-19/h3-12,17,20H,13-16H2,1-2H3/q+1. The van der Waals surface area contributed by atoms with E-state index < -0.39 is 10.1 Å². The minimum Gasteiger partial charge on any atom is -0.298 e. The number of nitrogens with zero attached hydrogens (tertiary/aromatic N) is 1. The summed E-state index contributed by atoms with van der Waals surface area (Å²) in [4.78, 5) is 10.9. The number of carbonyl (C=O) groups excluding carboxylic acids is 1. The highest BCUT2D eigenvalue weighted by Gasteiger charge is 2.36. The molecule has 0 bridgehead atoms. The summed E-state index contributed by atoms with van der Waals surface area (Å²) in [5.74, 6) is 0.377. The summed E-state index contributed by atoms with van der Waals surface area (Å²) in [5.41, 5.74) is 2.72. The second-order valence-electron chi connectivity index (χ2n) is 7.57. The third kappa shape index (κ3) is 5.16. The fourth-order valence-corrected chi connectivity index (χ4v) is 4.50. The van der Waals surface area contributed by atoms with Crippen LogP contribution in [-0.2, 0) is 14.4 Å². The second kappa shape index (κ2) is 8.39. The Labute approximate surface area is 166 Å². The first-order valence-corrected chi connectivity index (χ1v) is 10.8. The summed E-state index contributed by atoms with van der Waals surface area (Å²) in [7, 11) is -1.97. The number of quaternary nitrogens is 1. The summed E-state index contributed by atoms with van der Waals surface area (Å²) in [6, 6.07) is 14.1. The van der Waals surface area contributed by atoms with Gasteiger partial charge in [0.15, 0.2) is 0 Å². The molecule has 1 heterocycles. The highest BCUT2D eigenvalue weighted by Crippen LogP contribution is 2.27. The Kier molecular flexibility index (Phi) is 6.13. The molecule has 1 fully saturated rings. The molecule has 0 atom stereocenters. The van der Waals surface area contributed by atoms with Gasteiger partial charge in [-0.15, -0.1) is 0 Å². The van der Waals surface area contributed by atoms with E-state index in [1.165, 1.54) is 0 Å². The molecular weight excluding hydrogens is 374 g/mol. The maximum atomic E-state index is 12.6. The number of likely N-dealkylation sites (tertiary alicyclic amines) is 1. The fraction of sp³-hybridized carbons (Fsp3) is 0.318. The number of aryl methyl sites for hydroxylation is 1. The van der Waals surface area contributed by atoms with E-state index in [1.54, 1.807) is 36.4 Å². The molecule has 0 spiro atoms. The molecule has 2 aromatic carbocycles. The average Bonchev–Trinajstić information content (AvgIpc) is 2.68. The highest BCUT2D eigenvalue weighted by atomic mass is 32.2. The summed E-state index contributed by atoms with van der Waals surface area (Å²) in [6.45, 7) is 3.18. The molecule has 148 valence electrons. The SMILES string of the molecule is Cc1ccc(S(=O)(=O)O[N+]2(C)CCC(C=Cc3ccc(C=O)cc3)CC2)cc1. The van der Waals surface area contributed by atoms with Gasteiger partial charge < -0.3 is 0 Å². The Balaban J connectivity index is 1.59. The van der Waals surface area contributed by atoms with Crippen LogP contribution in [0.3, 0.4) is 0 Å². The molecule has 0 saturated carbocycles. The Morgan fingerprint density at radius 3 is 2.11 bits per heavy atom. The lowest BCUT2D eigenvalue weighted by atomic mass is 9.95. The van der Waals surface area contributed by atoms with Crippen molar-refractivity contribution in [2.24, 2.45) is 5.92 Å². The number of hydrogen-bond donors (Lipinski definition) is 0. The summed E-state index contributed by atoms with van der Waals surface area (Å²) >= 11 is 0. The van der Waals surface area contributed by atoms with Crippen molar-refractivity contribution >= 4 is 22.5 Å². The van der Waals surface area contributed by atoms with Crippen LogP contribution >= 0.6 is 0 Å². The van der Waals surface area contributed by atoms with Gasteiger partial charge in [-0.3, -0.25) is 4.79 Å². The fourth-order valence-electron chi connectivity index (χ4n) is 3.32. The molecule has 5 nitrogen and oxygen atoms in total. The van der Waals surface area contributed by atoms with Crippen molar-refractivity contribution in [2.75, 3.05) is 20.1 Å². The van der Waals surface area contributed by atoms with Crippen molar-refractivity contribution in [3.63, 3.8) is 0 Å². The summed E-state index contributed by atoms with van der Waals surface area (Å²) in [5, 5.41) is 0. The third-order valence-electron chi connectivity index (χ3n) is 5.17. The Bertz CT molecular complexity index is 939. The number of hydrogen-bond acceptors (Lipinski definition) is 4. The zero-order valence-electron chi connectivity index (χ0n) is 16.2. The maximum absolute atomic E-state index is 12.6. The van der Waals surface area contributed by atoms with Crippen LogP contribution in [0, 0.1) is 12.8 Å². The maximum Gasteiger partial charge on any atom is 0.342 e. The van der Waals surface area contributed by atoms with Crippen molar-refractivity contribution in [3.8, 4) is 0 Å². The van der Waals surface area contributed by atoms with Crippen LogP contribution in [0.25, 0.3) is 6.08 Å². The number of piperidine rings is 1. The quantitative estimate of drug-likeness (QED) is 0.543. The van der Waals surface area contributed by atoms with Crippen molar-refractivity contribution < 1.29 is 22.1 Å². The number of hydroxylamine groups is 3. The molecule has 1 aliphatic rings. The van der Waals surface area contributed by atoms with Gasteiger partial charge in [0.1, 0.15) is 26.4 Å². The zero-order chi connectivity index (χ0) is 20.2. The van der Waals surface area contributed by atoms with Crippen LogP contribution in [0.5, 0.6) is 0 Å². The van der Waals surface area contributed by atoms with Crippen molar-refractivity contribution in [1.29, 1.82) is 0 Å². The molecule has 1 aliphatic heterocycles. The van der Waals surface area contributed by atoms with Crippen LogP contribution in [0.2, 0.25) is 0 Å². The molecule has 0 aliphatic carbocycles. The monoisotopic (exact) mass is 400 g/mol. The number of allylic oxidation sites excluding steroid dienone is 1. The first-order valence-electron chi connectivity index (χ1n) is 9.41. The van der Waals surface area contributed by atoms with Crippen LogP contribution < -0.4 is 0 Å². The zero-order valence-corrected chi connectivity index (χ0v) is 17.1. The predicted octanol–water partition coefficient (Wildman–Crippen LogP) is 4.00. The molecule has 2 aromatic rings. The lowest BCUT2D eigenvalue weighted by Gasteiger charge is -2.35. The van der Waals surface area contributed by atoms with Crippen LogP contribution in [-0.4, -0.2) is 39.5 Å². The summed E-state index contributed by atoms with van der Waals surface area (Å²) in [6.07, 6.45) is 6.75. The normalized spacial score (nSPS) is 23.0. The van der Waals surface area contributed by atoms with E-state index in [-0.39, 0.29) is 9.54 Å². The lowest BCUT2D eigenvalue weighted by Crippen LogP contribution is -2.50. The largest absolute Gasteiger partial charge is 0.342 e. The molecule has 6 heteroatoms. The van der Waals surface area contributed by atoms with E-state index in [1.807, 2.05) is 26.1 Å². The molecule has 0 unspecified atom stereocenters. The number of rotatable bonds is 6. The Morgan fingerprint density at radius 1 is 0.964 bits per heavy atom. The van der Waals surface area contributed by atoms with Gasteiger partial charge in [-0.25, -0.2) is 0 Å². The number of carbonyl (C=O) groups is 1. The first kappa shape index (κ1) is 20.5. The van der Waals surface area contributed by atoms with Gasteiger partial charge in [0.2, 0.25) is 0 Å². The van der Waals surface area contributed by atoms with E-state index in [4.69, 9.17) is 4.28 Å². The van der Waals surface area contributed by atoms with Crippen LogP contribution in [0.1, 0.15) is 34.3 Å². The Morgan fingerprint density at radius 2 is 1.54 bits per heavy atom. The van der Waals surface area contributed by atoms with Gasteiger partial charge in [-0.1, -0.05) is 58.4 Å². The number of aldehydes is 1. The van der Waals surface area contributed by atoms with Crippen molar-refractivity contribution in [2.45, 2.75) is 24.7 Å². The molecule has 0 aromatic heterocycles. The number of benzene rings is 2. The molecular formula is C22H26NO4S+. The highest BCUT2D eigenvalue weighted by molar-refractivity contribution is 7.86. The van der Waals surface area contributed by atoms with Gasteiger partial charge >= 0.3 is 10.1 Å². The predicted molar refractivity (Wildman–Crippen MR) is 109 cm³/mol. The van der Waals surface area contributed by atoms with Gasteiger partial charge in [-0.05, 0) is 30.5 Å². The van der Waals surface area contributed by atoms with E-state index in [0.717, 1.165) is 30.3 Å². The molecule has 0 radical (unpaired) electrons. The minimum absolute atomic E-state index is 0.0641. The van der Waals surface area contributed by atoms with E-state index in [9.17, 15) is 13.2 Å². The van der Waals surface area contributed by atoms with Crippen LogP contribution in [0.4, 0.5) is 0 Å². The molecule has 28 heavy (non-hydrogen) atoms. The van der Waals surface area contributed by atoms with Crippen molar-refractivity contribution in [1.82, 2.24) is 0 Å². The molecule has 1 saturated heterocycles. The van der Waals surface area contributed by atoms with Gasteiger partial charge in [0.05, 0.1) is 4.90 Å².